The zero-order valence-corrected chi connectivity index (χ0v) is 4.66. The summed E-state index contributed by atoms with van der Waals surface area (Å²) >= 11 is 0. The quantitative estimate of drug-likeness (QED) is 0.598. The van der Waals surface area contributed by atoms with Crippen molar-refractivity contribution >= 4 is 6.29 Å². The SMILES string of the molecule is O=[C]COc1ccco1. The average Bonchev–Trinajstić information content (AvgIpc) is 2.34. The van der Waals surface area contributed by atoms with Gasteiger partial charge in [-0.25, -0.2) is 0 Å². The summed E-state index contributed by atoms with van der Waals surface area (Å²) in [6, 6.07) is 3.30. The topological polar surface area (TPSA) is 39.4 Å². The fraction of sp³-hybridized carbons (Fsp3) is 0.167. The van der Waals surface area contributed by atoms with Gasteiger partial charge in [0.1, 0.15) is 0 Å². The second kappa shape index (κ2) is 2.91. The average molecular weight is 125 g/mol. The first-order valence-corrected chi connectivity index (χ1v) is 2.45. The van der Waals surface area contributed by atoms with Crippen molar-refractivity contribution in [1.82, 2.24) is 0 Å². The molecule has 0 aliphatic carbocycles. The van der Waals surface area contributed by atoms with Crippen LogP contribution in [0.25, 0.3) is 0 Å². The molecule has 9 heavy (non-hydrogen) atoms. The third kappa shape index (κ3) is 1.60. The molecule has 0 atom stereocenters. The van der Waals surface area contributed by atoms with Crippen molar-refractivity contribution in [2.75, 3.05) is 6.61 Å². The van der Waals surface area contributed by atoms with E-state index in [-0.39, 0.29) is 6.61 Å². The fourth-order valence-corrected chi connectivity index (χ4v) is 0.446. The van der Waals surface area contributed by atoms with Crippen molar-refractivity contribution in [3.05, 3.63) is 18.4 Å². The Bertz CT molecular complexity index is 166. The third-order valence-electron chi connectivity index (χ3n) is 0.768. The number of hydrogen-bond donors (Lipinski definition) is 0. The summed E-state index contributed by atoms with van der Waals surface area (Å²) in [6.07, 6.45) is 3.05. The Morgan fingerprint density at radius 3 is 3.22 bits per heavy atom. The molecular weight excluding hydrogens is 120 g/mol. The number of hydrogen-bond acceptors (Lipinski definition) is 3. The van der Waals surface area contributed by atoms with Crippen molar-refractivity contribution in [2.24, 2.45) is 0 Å². The van der Waals surface area contributed by atoms with E-state index in [1.807, 2.05) is 0 Å². The maximum Gasteiger partial charge on any atom is 0.284 e. The highest BCUT2D eigenvalue weighted by molar-refractivity contribution is 5.52. The molecular formula is C6H5O3. The van der Waals surface area contributed by atoms with Crippen molar-refractivity contribution in [1.29, 1.82) is 0 Å². The van der Waals surface area contributed by atoms with E-state index in [4.69, 9.17) is 9.15 Å². The minimum Gasteiger partial charge on any atom is -0.457 e. The third-order valence-corrected chi connectivity index (χ3v) is 0.768. The van der Waals surface area contributed by atoms with E-state index in [0.29, 0.717) is 5.95 Å². The molecule has 0 unspecified atom stereocenters. The smallest absolute Gasteiger partial charge is 0.284 e. The second-order valence-electron chi connectivity index (χ2n) is 1.37. The maximum absolute atomic E-state index is 9.61. The van der Waals surface area contributed by atoms with E-state index in [2.05, 4.69) is 0 Å². The standard InChI is InChI=1S/C6H5O3/c7-3-5-9-6-2-1-4-8-6/h1-2,4H,5H2. The molecule has 0 fully saturated rings. The van der Waals surface area contributed by atoms with Crippen LogP contribution in [0.4, 0.5) is 0 Å². The predicted octanol–water partition coefficient (Wildman–Crippen LogP) is 0.768. The Labute approximate surface area is 52.2 Å². The highest BCUT2D eigenvalue weighted by atomic mass is 16.6. The van der Waals surface area contributed by atoms with Crippen LogP contribution in [0.5, 0.6) is 5.95 Å². The number of carbonyl (C=O) groups excluding carboxylic acids is 1. The van der Waals surface area contributed by atoms with E-state index in [0.717, 1.165) is 0 Å². The molecule has 1 heterocycles. The predicted molar refractivity (Wildman–Crippen MR) is 29.9 cm³/mol. The lowest BCUT2D eigenvalue weighted by Crippen LogP contribution is -1.95. The van der Waals surface area contributed by atoms with Crippen LogP contribution in [0, 0.1) is 0 Å². The van der Waals surface area contributed by atoms with Crippen LogP contribution in [-0.4, -0.2) is 12.9 Å². The molecule has 1 aromatic heterocycles. The van der Waals surface area contributed by atoms with E-state index >= 15 is 0 Å². The first-order chi connectivity index (χ1) is 4.43. The van der Waals surface area contributed by atoms with Gasteiger partial charge in [0.15, 0.2) is 6.61 Å². The van der Waals surface area contributed by atoms with Gasteiger partial charge in [0, 0.05) is 6.07 Å². The van der Waals surface area contributed by atoms with Gasteiger partial charge in [0.25, 0.3) is 5.95 Å². The van der Waals surface area contributed by atoms with Crippen LogP contribution in [0.1, 0.15) is 0 Å². The zero-order valence-electron chi connectivity index (χ0n) is 4.66. The van der Waals surface area contributed by atoms with Crippen LogP contribution in [-0.2, 0) is 4.79 Å². The monoisotopic (exact) mass is 125 g/mol. The Balaban J connectivity index is 2.38. The van der Waals surface area contributed by atoms with E-state index < -0.39 is 0 Å². The van der Waals surface area contributed by atoms with Gasteiger partial charge >= 0.3 is 0 Å². The molecule has 1 aromatic rings. The van der Waals surface area contributed by atoms with Gasteiger partial charge in [-0.15, -0.1) is 0 Å². The first kappa shape index (κ1) is 5.88. The van der Waals surface area contributed by atoms with Gasteiger partial charge in [0.05, 0.1) is 6.26 Å². The van der Waals surface area contributed by atoms with Crippen molar-refractivity contribution in [2.45, 2.75) is 0 Å². The Morgan fingerprint density at radius 1 is 1.78 bits per heavy atom. The number of ether oxygens (including phenoxy) is 1. The Kier molecular flexibility index (Phi) is 1.90. The number of rotatable bonds is 3. The molecule has 1 radical (unpaired) electrons. The molecule has 0 spiro atoms. The summed E-state index contributed by atoms with van der Waals surface area (Å²) in [5.74, 6) is 0.346. The van der Waals surface area contributed by atoms with E-state index in [1.54, 1.807) is 18.4 Å². The first-order valence-electron chi connectivity index (χ1n) is 2.45. The molecule has 0 amide bonds. The van der Waals surface area contributed by atoms with Gasteiger partial charge in [-0.3, -0.25) is 4.79 Å². The number of furan rings is 1. The minimum atomic E-state index is -0.0759. The van der Waals surface area contributed by atoms with Crippen molar-refractivity contribution < 1.29 is 13.9 Å². The van der Waals surface area contributed by atoms with Gasteiger partial charge in [-0.2, -0.15) is 0 Å². The summed E-state index contributed by atoms with van der Waals surface area (Å²) in [7, 11) is 0. The lowest BCUT2D eigenvalue weighted by Gasteiger charge is -1.91. The van der Waals surface area contributed by atoms with Gasteiger partial charge in [0.2, 0.25) is 6.29 Å². The molecule has 0 saturated carbocycles. The lowest BCUT2D eigenvalue weighted by atomic mass is 10.6. The summed E-state index contributed by atoms with van der Waals surface area (Å²) in [5, 5.41) is 0. The normalized spacial score (nSPS) is 8.89. The molecule has 3 heteroatoms. The minimum absolute atomic E-state index is 0.0759. The maximum atomic E-state index is 9.61. The summed E-state index contributed by atoms with van der Waals surface area (Å²) in [6.45, 7) is -0.0759. The Hall–Kier alpha value is -1.25. The van der Waals surface area contributed by atoms with Crippen molar-refractivity contribution in [3.8, 4) is 5.95 Å². The molecule has 0 saturated heterocycles. The molecule has 3 nitrogen and oxygen atoms in total. The molecule has 47 valence electrons. The van der Waals surface area contributed by atoms with Crippen LogP contribution < -0.4 is 4.74 Å². The molecule has 0 bridgehead atoms. The molecule has 0 aliphatic heterocycles. The van der Waals surface area contributed by atoms with Crippen LogP contribution in [0.3, 0.4) is 0 Å². The van der Waals surface area contributed by atoms with Gasteiger partial charge in [-0.1, -0.05) is 0 Å². The van der Waals surface area contributed by atoms with Crippen LogP contribution in [0.15, 0.2) is 22.8 Å². The zero-order chi connectivity index (χ0) is 6.53. The summed E-state index contributed by atoms with van der Waals surface area (Å²) < 4.78 is 9.44. The lowest BCUT2D eigenvalue weighted by molar-refractivity contribution is 0.277. The fourth-order valence-electron chi connectivity index (χ4n) is 0.446. The molecule has 1 rings (SSSR count). The van der Waals surface area contributed by atoms with Crippen molar-refractivity contribution in [3.63, 3.8) is 0 Å². The van der Waals surface area contributed by atoms with Gasteiger partial charge in [-0.05, 0) is 6.07 Å². The second-order valence-corrected chi connectivity index (χ2v) is 1.37. The highest BCUT2D eigenvalue weighted by Gasteiger charge is 1.91. The van der Waals surface area contributed by atoms with Crippen LogP contribution in [0.2, 0.25) is 0 Å². The van der Waals surface area contributed by atoms with Crippen LogP contribution >= 0.6 is 0 Å². The summed E-state index contributed by atoms with van der Waals surface area (Å²) in [4.78, 5) is 9.61. The molecule has 0 aliphatic rings. The molecule has 0 N–H and O–H groups in total. The Morgan fingerprint density at radius 2 is 2.67 bits per heavy atom. The van der Waals surface area contributed by atoms with E-state index in [1.165, 1.54) is 6.26 Å². The van der Waals surface area contributed by atoms with Gasteiger partial charge < -0.3 is 9.15 Å². The highest BCUT2D eigenvalue weighted by Crippen LogP contribution is 2.08. The summed E-state index contributed by atoms with van der Waals surface area (Å²) in [5.41, 5.74) is 0. The van der Waals surface area contributed by atoms with E-state index in [9.17, 15) is 4.79 Å². The molecule has 0 aromatic carbocycles. The largest absolute Gasteiger partial charge is 0.457 e.